The van der Waals surface area contributed by atoms with E-state index in [1.165, 1.54) is 0 Å². The smallest absolute Gasteiger partial charge is 0.409 e. The molecule has 1 aliphatic heterocycles. The van der Waals surface area contributed by atoms with Crippen LogP contribution in [0.5, 0.6) is 0 Å². The molecular formula is C18H23BrN2O4. The second-order valence-corrected chi connectivity index (χ2v) is 7.14. The minimum atomic E-state index is -0.739. The lowest BCUT2D eigenvalue weighted by molar-refractivity contribution is -0.141. The lowest BCUT2D eigenvalue weighted by Crippen LogP contribution is -2.55. The highest BCUT2D eigenvalue weighted by Gasteiger charge is 2.39. The molecule has 0 bridgehead atoms. The van der Waals surface area contributed by atoms with Gasteiger partial charge in [0.2, 0.25) is 11.8 Å². The summed E-state index contributed by atoms with van der Waals surface area (Å²) in [5, 5.41) is 2.67. The van der Waals surface area contributed by atoms with Crippen molar-refractivity contribution in [1.29, 1.82) is 0 Å². The van der Waals surface area contributed by atoms with Gasteiger partial charge in [-0.1, -0.05) is 66.0 Å². The van der Waals surface area contributed by atoms with E-state index in [1.807, 2.05) is 30.3 Å². The minimum Gasteiger partial charge on any atom is -0.445 e. The summed E-state index contributed by atoms with van der Waals surface area (Å²) in [5.74, 6) is -0.529. The first-order valence-electron chi connectivity index (χ1n) is 8.49. The fourth-order valence-electron chi connectivity index (χ4n) is 2.66. The molecule has 0 unspecified atom stereocenters. The molecule has 1 fully saturated rings. The molecule has 3 amide bonds. The Hall–Kier alpha value is -1.89. The third-order valence-corrected chi connectivity index (χ3v) is 4.98. The third kappa shape index (κ3) is 5.56. The van der Waals surface area contributed by atoms with Gasteiger partial charge in [0.1, 0.15) is 12.8 Å². The summed E-state index contributed by atoms with van der Waals surface area (Å²) in [7, 11) is 0. The number of hydrogen-bond donors (Lipinski definition) is 1. The molecule has 0 aliphatic carbocycles. The molecule has 136 valence electrons. The van der Waals surface area contributed by atoms with Crippen LogP contribution >= 0.6 is 15.9 Å². The van der Waals surface area contributed by atoms with Crippen LogP contribution in [0.2, 0.25) is 0 Å². The third-order valence-electron chi connectivity index (χ3n) is 4.02. The van der Waals surface area contributed by atoms with Crippen molar-refractivity contribution in [1.82, 2.24) is 10.2 Å². The van der Waals surface area contributed by atoms with Crippen molar-refractivity contribution < 1.29 is 19.1 Å². The van der Waals surface area contributed by atoms with Crippen LogP contribution < -0.4 is 5.32 Å². The number of halogens is 1. The number of amides is 3. The summed E-state index contributed by atoms with van der Waals surface area (Å²) in [4.78, 5) is 37.2. The van der Waals surface area contributed by atoms with Crippen LogP contribution in [0.15, 0.2) is 30.3 Å². The molecule has 0 aromatic heterocycles. The molecule has 25 heavy (non-hydrogen) atoms. The molecule has 1 N–H and O–H groups in total. The zero-order valence-electron chi connectivity index (χ0n) is 14.2. The number of unbranched alkanes of at least 4 members (excludes halogenated alkanes) is 1. The highest BCUT2D eigenvalue weighted by Crippen LogP contribution is 2.23. The predicted octanol–water partition coefficient (Wildman–Crippen LogP) is 3.34. The zero-order chi connectivity index (χ0) is 18.2. The Morgan fingerprint density at radius 1 is 1.24 bits per heavy atom. The summed E-state index contributed by atoms with van der Waals surface area (Å²) in [6.07, 6.45) is 1.61. The number of rotatable bonds is 8. The monoisotopic (exact) mass is 410 g/mol. The van der Waals surface area contributed by atoms with E-state index < -0.39 is 12.3 Å². The molecule has 1 aliphatic rings. The van der Waals surface area contributed by atoms with Gasteiger partial charge in [0.25, 0.3) is 0 Å². The van der Waals surface area contributed by atoms with E-state index in [0.29, 0.717) is 0 Å². The van der Waals surface area contributed by atoms with Crippen LogP contribution in [0.25, 0.3) is 0 Å². The molecule has 7 heteroatoms. The number of carbonyl (C=O) groups excluding carboxylic acids is 3. The zero-order valence-corrected chi connectivity index (χ0v) is 15.8. The maximum atomic E-state index is 12.2. The highest BCUT2D eigenvalue weighted by atomic mass is 79.9. The molecule has 1 aromatic rings. The van der Waals surface area contributed by atoms with E-state index in [2.05, 4.69) is 28.2 Å². The van der Waals surface area contributed by atoms with Gasteiger partial charge in [-0.15, -0.1) is 0 Å². The van der Waals surface area contributed by atoms with Crippen LogP contribution in [0.3, 0.4) is 0 Å². The van der Waals surface area contributed by atoms with Gasteiger partial charge in [0.05, 0.1) is 4.83 Å². The quantitative estimate of drug-likeness (QED) is 0.526. The van der Waals surface area contributed by atoms with Crippen molar-refractivity contribution in [2.24, 2.45) is 0 Å². The van der Waals surface area contributed by atoms with Crippen LogP contribution in [0, 0.1) is 0 Å². The number of nitrogens with one attached hydrogen (secondary N) is 1. The summed E-state index contributed by atoms with van der Waals surface area (Å²) in [5.41, 5.74) is 0.865. The second kappa shape index (κ2) is 9.56. The number of hydrogen-bond acceptors (Lipinski definition) is 4. The molecule has 0 saturated carbocycles. The molecule has 6 nitrogen and oxygen atoms in total. The molecule has 2 rings (SSSR count). The van der Waals surface area contributed by atoms with Gasteiger partial charge in [-0.3, -0.25) is 19.8 Å². The lowest BCUT2D eigenvalue weighted by Gasteiger charge is -2.30. The number of alkyl halides is 1. The topological polar surface area (TPSA) is 75.7 Å². The van der Waals surface area contributed by atoms with E-state index in [9.17, 15) is 14.4 Å². The standard InChI is InChI=1S/C18H23BrN2O4/c1-2-3-9-14(19)17(21-15(22)10-11-16(21)23)20-18(24)25-12-13-7-5-4-6-8-13/h4-8,14,17H,2-3,9-12H2,1H3,(H,20,24)/t14-,17+/m0/s1. The number of nitrogens with zero attached hydrogens (tertiary/aromatic N) is 1. The van der Waals surface area contributed by atoms with Crippen molar-refractivity contribution in [3.8, 4) is 0 Å². The number of alkyl carbamates (subject to hydrolysis) is 1. The normalized spacial score (nSPS) is 16.6. The Bertz CT molecular complexity index is 592. The number of benzene rings is 1. The van der Waals surface area contributed by atoms with Gasteiger partial charge in [0.15, 0.2) is 0 Å². The number of imide groups is 1. The number of ether oxygens (including phenoxy) is 1. The molecule has 0 spiro atoms. The fourth-order valence-corrected chi connectivity index (χ4v) is 3.36. The Kier molecular flexibility index (Phi) is 7.43. The minimum absolute atomic E-state index is 0.128. The average Bonchev–Trinajstić information content (AvgIpc) is 2.95. The number of carbonyl (C=O) groups is 3. The van der Waals surface area contributed by atoms with Crippen LogP contribution in [-0.2, 0) is 20.9 Å². The van der Waals surface area contributed by atoms with Crippen molar-refractivity contribution in [2.45, 2.75) is 56.6 Å². The highest BCUT2D eigenvalue weighted by molar-refractivity contribution is 9.09. The first-order chi connectivity index (χ1) is 12.0. The summed E-state index contributed by atoms with van der Waals surface area (Å²) >= 11 is 3.52. The van der Waals surface area contributed by atoms with E-state index in [-0.39, 0.29) is 36.1 Å². The maximum absolute atomic E-state index is 12.2. The van der Waals surface area contributed by atoms with E-state index in [1.54, 1.807) is 0 Å². The molecule has 2 atom stereocenters. The number of likely N-dealkylation sites (tertiary alicyclic amines) is 1. The predicted molar refractivity (Wildman–Crippen MR) is 96.9 cm³/mol. The first-order valence-corrected chi connectivity index (χ1v) is 9.40. The molecule has 1 heterocycles. The van der Waals surface area contributed by atoms with Gasteiger partial charge in [-0.25, -0.2) is 4.79 Å². The van der Waals surface area contributed by atoms with E-state index in [0.717, 1.165) is 29.7 Å². The van der Waals surface area contributed by atoms with E-state index >= 15 is 0 Å². The molecule has 1 aromatic carbocycles. The largest absolute Gasteiger partial charge is 0.445 e. The Labute approximate surface area is 156 Å². The van der Waals surface area contributed by atoms with Crippen LogP contribution in [0.1, 0.15) is 44.6 Å². The summed E-state index contributed by atoms with van der Waals surface area (Å²) < 4.78 is 5.22. The average molecular weight is 411 g/mol. The molecule has 0 radical (unpaired) electrons. The summed E-state index contributed by atoms with van der Waals surface area (Å²) in [6.45, 7) is 2.19. The van der Waals surface area contributed by atoms with Gasteiger partial charge in [0, 0.05) is 12.8 Å². The Morgan fingerprint density at radius 3 is 2.48 bits per heavy atom. The SMILES string of the molecule is CCCC[C@H](Br)[C@H](NC(=O)OCc1ccccc1)N1C(=O)CCC1=O. The van der Waals surface area contributed by atoms with Crippen molar-refractivity contribution in [3.63, 3.8) is 0 Å². The fraction of sp³-hybridized carbons (Fsp3) is 0.500. The van der Waals surface area contributed by atoms with Gasteiger partial charge in [-0.05, 0) is 12.0 Å². The van der Waals surface area contributed by atoms with Gasteiger partial charge < -0.3 is 4.74 Å². The van der Waals surface area contributed by atoms with Crippen LogP contribution in [-0.4, -0.2) is 33.8 Å². The summed E-state index contributed by atoms with van der Waals surface area (Å²) in [6, 6.07) is 9.31. The van der Waals surface area contributed by atoms with Crippen molar-refractivity contribution >= 4 is 33.8 Å². The second-order valence-electron chi connectivity index (χ2n) is 5.97. The molecular weight excluding hydrogens is 388 g/mol. The maximum Gasteiger partial charge on any atom is 0.409 e. The van der Waals surface area contributed by atoms with E-state index in [4.69, 9.17) is 4.74 Å². The lowest BCUT2D eigenvalue weighted by atomic mass is 10.1. The van der Waals surface area contributed by atoms with Crippen molar-refractivity contribution in [2.75, 3.05) is 0 Å². The van der Waals surface area contributed by atoms with Gasteiger partial charge >= 0.3 is 6.09 Å². The van der Waals surface area contributed by atoms with Gasteiger partial charge in [-0.2, -0.15) is 0 Å². The van der Waals surface area contributed by atoms with Crippen molar-refractivity contribution in [3.05, 3.63) is 35.9 Å². The Morgan fingerprint density at radius 2 is 1.88 bits per heavy atom. The van der Waals surface area contributed by atoms with Crippen LogP contribution in [0.4, 0.5) is 4.79 Å². The first kappa shape index (κ1) is 19.4. The molecule has 1 saturated heterocycles. The Balaban J connectivity index is 2.00.